The molecule has 1 aromatic carbocycles. The third-order valence-corrected chi connectivity index (χ3v) is 3.19. The largest absolute Gasteiger partial charge is 0.329 e. The molecule has 16 heavy (non-hydrogen) atoms. The summed E-state index contributed by atoms with van der Waals surface area (Å²) < 4.78 is 1.05. The van der Waals surface area contributed by atoms with Crippen LogP contribution in [0.3, 0.4) is 0 Å². The normalized spacial score (nSPS) is 12.4. The van der Waals surface area contributed by atoms with Gasteiger partial charge >= 0.3 is 0 Å². The number of rotatable bonds is 3. The summed E-state index contributed by atoms with van der Waals surface area (Å²) in [6, 6.07) is 11.9. The summed E-state index contributed by atoms with van der Waals surface area (Å²) in [6.45, 7) is 0.515. The van der Waals surface area contributed by atoms with E-state index in [0.717, 1.165) is 15.7 Å². The highest BCUT2D eigenvalue weighted by atomic mass is 79.9. The molecule has 1 aromatic heterocycles. The Morgan fingerprint density at radius 2 is 2.00 bits per heavy atom. The van der Waals surface area contributed by atoms with E-state index >= 15 is 0 Å². The molecule has 0 radical (unpaired) electrons. The van der Waals surface area contributed by atoms with Crippen LogP contribution in [0.1, 0.15) is 17.2 Å². The van der Waals surface area contributed by atoms with Gasteiger partial charge in [0.1, 0.15) is 0 Å². The van der Waals surface area contributed by atoms with Crippen molar-refractivity contribution in [2.45, 2.75) is 5.92 Å². The fourth-order valence-corrected chi connectivity index (χ4v) is 2.23. The molecule has 2 N–H and O–H groups in total. The lowest BCUT2D eigenvalue weighted by molar-refractivity contribution is 0.757. The topological polar surface area (TPSA) is 51.8 Å². The minimum Gasteiger partial charge on any atom is -0.329 e. The van der Waals surface area contributed by atoms with E-state index in [9.17, 15) is 0 Å². The van der Waals surface area contributed by atoms with Gasteiger partial charge in [0.25, 0.3) is 0 Å². The number of aromatic nitrogens is 2. The van der Waals surface area contributed by atoms with Gasteiger partial charge in [-0.25, -0.2) is 0 Å². The van der Waals surface area contributed by atoms with E-state index < -0.39 is 0 Å². The number of hydrogen-bond acceptors (Lipinski definition) is 3. The minimum atomic E-state index is 0.0873. The van der Waals surface area contributed by atoms with Crippen molar-refractivity contribution < 1.29 is 0 Å². The zero-order valence-electron chi connectivity index (χ0n) is 8.68. The van der Waals surface area contributed by atoms with E-state index in [1.165, 1.54) is 0 Å². The van der Waals surface area contributed by atoms with Gasteiger partial charge in [0.05, 0.1) is 5.69 Å². The van der Waals surface area contributed by atoms with Gasteiger partial charge in [-0.3, -0.25) is 0 Å². The van der Waals surface area contributed by atoms with Crippen LogP contribution in [0.5, 0.6) is 0 Å². The Morgan fingerprint density at radius 3 is 2.62 bits per heavy atom. The SMILES string of the molecule is NCC(c1cccnn1)c1ccccc1Br. The van der Waals surface area contributed by atoms with Crippen LogP contribution in [-0.4, -0.2) is 16.7 Å². The molecular formula is C12H12BrN3. The van der Waals surface area contributed by atoms with Crippen LogP contribution in [0.2, 0.25) is 0 Å². The average Bonchev–Trinajstić information content (AvgIpc) is 2.34. The number of nitrogens with zero attached hydrogens (tertiary/aromatic N) is 2. The maximum absolute atomic E-state index is 5.82. The second-order valence-corrected chi connectivity index (χ2v) is 4.31. The number of nitrogens with two attached hydrogens (primary N) is 1. The van der Waals surface area contributed by atoms with Crippen molar-refractivity contribution >= 4 is 15.9 Å². The molecule has 0 bridgehead atoms. The molecule has 3 nitrogen and oxygen atoms in total. The van der Waals surface area contributed by atoms with Crippen LogP contribution >= 0.6 is 15.9 Å². The van der Waals surface area contributed by atoms with Gasteiger partial charge in [-0.05, 0) is 23.8 Å². The maximum Gasteiger partial charge on any atom is 0.0718 e. The molecule has 1 atom stereocenters. The Hall–Kier alpha value is -1.26. The zero-order valence-corrected chi connectivity index (χ0v) is 10.3. The highest BCUT2D eigenvalue weighted by molar-refractivity contribution is 9.10. The fraction of sp³-hybridized carbons (Fsp3) is 0.167. The second-order valence-electron chi connectivity index (χ2n) is 3.46. The van der Waals surface area contributed by atoms with E-state index in [4.69, 9.17) is 5.73 Å². The zero-order chi connectivity index (χ0) is 11.4. The minimum absolute atomic E-state index is 0.0873. The lowest BCUT2D eigenvalue weighted by Crippen LogP contribution is -2.15. The summed E-state index contributed by atoms with van der Waals surface area (Å²) in [5.41, 5.74) is 7.86. The molecule has 0 amide bonds. The number of halogens is 1. The molecule has 0 fully saturated rings. The second kappa shape index (κ2) is 5.18. The molecule has 4 heteroatoms. The first-order chi connectivity index (χ1) is 7.83. The van der Waals surface area contributed by atoms with Gasteiger partial charge < -0.3 is 5.73 Å². The molecule has 2 aromatic rings. The molecule has 0 aliphatic carbocycles. The molecular weight excluding hydrogens is 266 g/mol. The summed E-state index contributed by atoms with van der Waals surface area (Å²) in [6.07, 6.45) is 1.66. The Bertz CT molecular complexity index is 459. The quantitative estimate of drug-likeness (QED) is 0.937. The van der Waals surface area contributed by atoms with Gasteiger partial charge in [-0.1, -0.05) is 34.1 Å². The molecule has 0 aliphatic heterocycles. The van der Waals surface area contributed by atoms with Crippen LogP contribution in [0.15, 0.2) is 47.1 Å². The van der Waals surface area contributed by atoms with Gasteiger partial charge in [0, 0.05) is 23.1 Å². The smallest absolute Gasteiger partial charge is 0.0718 e. The van der Waals surface area contributed by atoms with Gasteiger partial charge in [-0.15, -0.1) is 0 Å². The summed E-state index contributed by atoms with van der Waals surface area (Å²) >= 11 is 3.53. The molecule has 2 rings (SSSR count). The van der Waals surface area contributed by atoms with Gasteiger partial charge in [0.15, 0.2) is 0 Å². The standard InChI is InChI=1S/C12H12BrN3/c13-11-5-2-1-4-9(11)10(8-14)12-6-3-7-15-16-12/h1-7,10H,8,14H2. The molecule has 0 spiro atoms. The van der Waals surface area contributed by atoms with Crippen LogP contribution in [0, 0.1) is 0 Å². The molecule has 0 aliphatic rings. The highest BCUT2D eigenvalue weighted by Gasteiger charge is 2.16. The Balaban J connectivity index is 2.41. The van der Waals surface area contributed by atoms with Crippen molar-refractivity contribution in [3.05, 3.63) is 58.3 Å². The van der Waals surface area contributed by atoms with Gasteiger partial charge in [0.2, 0.25) is 0 Å². The highest BCUT2D eigenvalue weighted by Crippen LogP contribution is 2.28. The third-order valence-electron chi connectivity index (χ3n) is 2.47. The van der Waals surface area contributed by atoms with E-state index in [1.807, 2.05) is 30.3 Å². The van der Waals surface area contributed by atoms with E-state index in [2.05, 4.69) is 32.2 Å². The summed E-state index contributed by atoms with van der Waals surface area (Å²) in [5.74, 6) is 0.0873. The molecule has 0 saturated carbocycles. The Labute approximate surface area is 103 Å². The lowest BCUT2D eigenvalue weighted by atomic mass is 9.96. The summed E-state index contributed by atoms with van der Waals surface area (Å²) in [7, 11) is 0. The van der Waals surface area contributed by atoms with Crippen molar-refractivity contribution in [1.29, 1.82) is 0 Å². The third kappa shape index (κ3) is 2.28. The monoisotopic (exact) mass is 277 g/mol. The van der Waals surface area contributed by atoms with Crippen molar-refractivity contribution in [3.63, 3.8) is 0 Å². The van der Waals surface area contributed by atoms with E-state index in [1.54, 1.807) is 6.20 Å². The molecule has 1 unspecified atom stereocenters. The fourth-order valence-electron chi connectivity index (χ4n) is 1.66. The molecule has 0 saturated heterocycles. The number of hydrogen-bond donors (Lipinski definition) is 1. The maximum atomic E-state index is 5.82. The first kappa shape index (κ1) is 11.2. The summed E-state index contributed by atoms with van der Waals surface area (Å²) in [5, 5.41) is 8.00. The van der Waals surface area contributed by atoms with Crippen LogP contribution in [0.4, 0.5) is 0 Å². The summed E-state index contributed by atoms with van der Waals surface area (Å²) in [4.78, 5) is 0. The predicted molar refractivity (Wildman–Crippen MR) is 67.1 cm³/mol. The molecule has 1 heterocycles. The van der Waals surface area contributed by atoms with E-state index in [0.29, 0.717) is 6.54 Å². The van der Waals surface area contributed by atoms with Crippen molar-refractivity contribution in [2.24, 2.45) is 5.73 Å². The lowest BCUT2D eigenvalue weighted by Gasteiger charge is -2.15. The Morgan fingerprint density at radius 1 is 1.19 bits per heavy atom. The van der Waals surface area contributed by atoms with Crippen LogP contribution in [-0.2, 0) is 0 Å². The first-order valence-electron chi connectivity index (χ1n) is 5.05. The Kier molecular flexibility index (Phi) is 3.64. The van der Waals surface area contributed by atoms with E-state index in [-0.39, 0.29) is 5.92 Å². The van der Waals surface area contributed by atoms with Crippen LogP contribution in [0.25, 0.3) is 0 Å². The average molecular weight is 278 g/mol. The van der Waals surface area contributed by atoms with Crippen molar-refractivity contribution in [2.75, 3.05) is 6.54 Å². The van der Waals surface area contributed by atoms with Crippen LogP contribution < -0.4 is 5.73 Å². The first-order valence-corrected chi connectivity index (χ1v) is 5.84. The van der Waals surface area contributed by atoms with Crippen molar-refractivity contribution in [1.82, 2.24) is 10.2 Å². The van der Waals surface area contributed by atoms with Crippen molar-refractivity contribution in [3.8, 4) is 0 Å². The number of benzene rings is 1. The molecule has 82 valence electrons. The predicted octanol–water partition coefficient (Wildman–Crippen LogP) is 2.33. The van der Waals surface area contributed by atoms with Gasteiger partial charge in [-0.2, -0.15) is 10.2 Å².